The molecule has 0 saturated heterocycles. The van der Waals surface area contributed by atoms with Crippen molar-refractivity contribution in [3.63, 3.8) is 0 Å². The fourth-order valence-electron chi connectivity index (χ4n) is 3.80. The minimum absolute atomic E-state index is 0.206. The van der Waals surface area contributed by atoms with Gasteiger partial charge in [0, 0.05) is 5.56 Å². The summed E-state index contributed by atoms with van der Waals surface area (Å²) in [6.45, 7) is 4.58. The second-order valence-electron chi connectivity index (χ2n) is 7.74. The van der Waals surface area contributed by atoms with Crippen molar-refractivity contribution in [1.29, 1.82) is 0 Å². The van der Waals surface area contributed by atoms with Crippen molar-refractivity contribution in [2.24, 2.45) is 0 Å². The Bertz CT molecular complexity index is 1340. The molecule has 2 aromatic carbocycles. The van der Waals surface area contributed by atoms with Gasteiger partial charge in [-0.05, 0) is 55.8 Å². The molecular formula is C24H23N5O4. The molecule has 2 N–H and O–H groups in total. The van der Waals surface area contributed by atoms with Crippen LogP contribution in [0, 0.1) is 13.8 Å². The van der Waals surface area contributed by atoms with Crippen LogP contribution in [0.15, 0.2) is 48.5 Å². The van der Waals surface area contributed by atoms with Crippen molar-refractivity contribution < 1.29 is 19.0 Å². The summed E-state index contributed by atoms with van der Waals surface area (Å²) in [6, 6.07) is 15.1. The van der Waals surface area contributed by atoms with Crippen LogP contribution in [0.25, 0.3) is 11.3 Å². The summed E-state index contributed by atoms with van der Waals surface area (Å²) in [4.78, 5) is 12.9. The van der Waals surface area contributed by atoms with Gasteiger partial charge >= 0.3 is 0 Å². The number of carbonyl (C=O) groups excluding carboxylic acids is 1. The zero-order valence-electron chi connectivity index (χ0n) is 18.5. The lowest BCUT2D eigenvalue weighted by molar-refractivity contribution is 0.102. The molecule has 168 valence electrons. The maximum Gasteiger partial charge on any atom is 0.273 e. The number of fused-ring (bicyclic) bond motifs is 1. The van der Waals surface area contributed by atoms with E-state index in [1.165, 1.54) is 0 Å². The van der Waals surface area contributed by atoms with Gasteiger partial charge in [0.25, 0.3) is 5.91 Å². The van der Waals surface area contributed by atoms with E-state index in [4.69, 9.17) is 14.2 Å². The summed E-state index contributed by atoms with van der Waals surface area (Å²) in [6.07, 6.45) is 0. The van der Waals surface area contributed by atoms with Crippen LogP contribution in [0.1, 0.15) is 27.4 Å². The molecule has 0 radical (unpaired) electrons. The van der Waals surface area contributed by atoms with Crippen LogP contribution in [-0.2, 0) is 6.54 Å². The number of benzene rings is 2. The first kappa shape index (κ1) is 20.6. The Morgan fingerprint density at radius 3 is 2.85 bits per heavy atom. The van der Waals surface area contributed by atoms with Crippen LogP contribution in [0.4, 0.5) is 5.69 Å². The summed E-state index contributed by atoms with van der Waals surface area (Å²) in [7, 11) is 1.64. The van der Waals surface area contributed by atoms with E-state index in [9.17, 15) is 4.79 Å². The largest absolute Gasteiger partial charge is 0.497 e. The second-order valence-corrected chi connectivity index (χ2v) is 7.74. The number of methoxy groups -OCH3 is 1. The summed E-state index contributed by atoms with van der Waals surface area (Å²) in [5.74, 6) is 1.86. The fraction of sp³-hybridized carbons (Fsp3) is 0.208. The molecule has 0 spiro atoms. The molecule has 0 unspecified atom stereocenters. The number of carbonyl (C=O) groups is 1. The maximum atomic E-state index is 12.9. The molecule has 9 nitrogen and oxygen atoms in total. The van der Waals surface area contributed by atoms with E-state index in [-0.39, 0.29) is 12.7 Å². The number of H-pyrrole nitrogens is 1. The van der Waals surface area contributed by atoms with Gasteiger partial charge < -0.3 is 19.5 Å². The molecule has 3 heterocycles. The van der Waals surface area contributed by atoms with Crippen LogP contribution >= 0.6 is 0 Å². The average Bonchev–Trinajstić information content (AvgIpc) is 3.55. The number of aromatic nitrogens is 4. The van der Waals surface area contributed by atoms with Crippen LogP contribution in [0.5, 0.6) is 17.2 Å². The fourth-order valence-corrected chi connectivity index (χ4v) is 3.80. The highest BCUT2D eigenvalue weighted by Crippen LogP contribution is 2.35. The Kier molecular flexibility index (Phi) is 5.21. The van der Waals surface area contributed by atoms with Crippen molar-refractivity contribution in [3.8, 4) is 28.5 Å². The minimum Gasteiger partial charge on any atom is -0.497 e. The molecule has 4 aromatic rings. The number of hydrogen-bond donors (Lipinski definition) is 2. The van der Waals surface area contributed by atoms with Gasteiger partial charge in [0.1, 0.15) is 11.4 Å². The van der Waals surface area contributed by atoms with Crippen molar-refractivity contribution in [3.05, 3.63) is 71.2 Å². The number of hydrogen-bond acceptors (Lipinski definition) is 6. The Morgan fingerprint density at radius 1 is 1.15 bits per heavy atom. The molecule has 1 amide bonds. The topological polar surface area (TPSA) is 103 Å². The van der Waals surface area contributed by atoms with E-state index in [1.54, 1.807) is 13.2 Å². The van der Waals surface area contributed by atoms with Crippen LogP contribution in [0.3, 0.4) is 0 Å². The molecule has 0 aliphatic carbocycles. The smallest absolute Gasteiger partial charge is 0.273 e. The Morgan fingerprint density at radius 2 is 2.00 bits per heavy atom. The van der Waals surface area contributed by atoms with E-state index < -0.39 is 0 Å². The summed E-state index contributed by atoms with van der Waals surface area (Å²) in [5, 5.41) is 14.7. The quantitative estimate of drug-likeness (QED) is 0.466. The summed E-state index contributed by atoms with van der Waals surface area (Å²) >= 11 is 0. The van der Waals surface area contributed by atoms with E-state index in [1.807, 2.05) is 61.0 Å². The molecule has 1 aliphatic heterocycles. The number of ether oxygens (including phenoxy) is 3. The average molecular weight is 445 g/mol. The molecule has 0 saturated carbocycles. The first-order chi connectivity index (χ1) is 16.0. The van der Waals surface area contributed by atoms with E-state index in [0.29, 0.717) is 35.1 Å². The number of rotatable bonds is 6. The number of aromatic amines is 1. The molecule has 0 fully saturated rings. The lowest BCUT2D eigenvalue weighted by atomic mass is 10.1. The van der Waals surface area contributed by atoms with Gasteiger partial charge in [0.2, 0.25) is 6.79 Å². The highest BCUT2D eigenvalue weighted by Gasteiger charge is 2.19. The molecule has 2 aromatic heterocycles. The van der Waals surface area contributed by atoms with Gasteiger partial charge in [-0.25, -0.2) is 0 Å². The van der Waals surface area contributed by atoms with Crippen molar-refractivity contribution in [2.45, 2.75) is 20.4 Å². The van der Waals surface area contributed by atoms with Gasteiger partial charge in [-0.1, -0.05) is 12.1 Å². The lowest BCUT2D eigenvalue weighted by Crippen LogP contribution is -2.14. The summed E-state index contributed by atoms with van der Waals surface area (Å²) < 4.78 is 17.9. The molecule has 1 aliphatic rings. The van der Waals surface area contributed by atoms with E-state index in [2.05, 4.69) is 20.6 Å². The number of nitrogens with one attached hydrogen (secondary N) is 2. The zero-order chi connectivity index (χ0) is 22.9. The third-order valence-corrected chi connectivity index (χ3v) is 5.58. The van der Waals surface area contributed by atoms with Crippen molar-refractivity contribution in [2.75, 3.05) is 19.2 Å². The maximum absolute atomic E-state index is 12.9. The van der Waals surface area contributed by atoms with E-state index >= 15 is 0 Å². The van der Waals surface area contributed by atoms with Crippen LogP contribution in [0.2, 0.25) is 0 Å². The lowest BCUT2D eigenvalue weighted by Gasteiger charge is -2.08. The van der Waals surface area contributed by atoms with Crippen molar-refractivity contribution in [1.82, 2.24) is 20.0 Å². The minimum atomic E-state index is -0.290. The number of aryl methyl sites for hydroxylation is 1. The molecule has 5 rings (SSSR count). The third kappa shape index (κ3) is 4.00. The standard InChI is InChI=1S/C24H23N5O4/c1-14-23(15(2)29(28-14)12-16-5-4-6-18(9-16)31-3)25-24(30)20-11-19(26-27-20)17-7-8-21-22(10-17)33-13-32-21/h4-11H,12-13H2,1-3H3,(H,25,30)(H,26,27). The molecule has 9 heteroatoms. The third-order valence-electron chi connectivity index (χ3n) is 5.58. The van der Waals surface area contributed by atoms with Crippen molar-refractivity contribution >= 4 is 11.6 Å². The molecular weight excluding hydrogens is 422 g/mol. The first-order valence-electron chi connectivity index (χ1n) is 10.5. The monoisotopic (exact) mass is 445 g/mol. The number of amides is 1. The molecule has 0 atom stereocenters. The zero-order valence-corrected chi connectivity index (χ0v) is 18.5. The number of anilines is 1. The first-order valence-corrected chi connectivity index (χ1v) is 10.5. The Hall–Kier alpha value is -4.27. The highest BCUT2D eigenvalue weighted by atomic mass is 16.7. The highest BCUT2D eigenvalue weighted by molar-refractivity contribution is 6.04. The number of nitrogens with zero attached hydrogens (tertiary/aromatic N) is 3. The van der Waals surface area contributed by atoms with Gasteiger partial charge in [-0.15, -0.1) is 0 Å². The SMILES string of the molecule is COc1cccc(Cn2nc(C)c(NC(=O)c3cc(-c4ccc5c(c4)OCO5)n[nH]3)c2C)c1. The predicted octanol–water partition coefficient (Wildman–Crippen LogP) is 3.93. The predicted molar refractivity (Wildman–Crippen MR) is 122 cm³/mol. The Balaban J connectivity index is 1.33. The molecule has 33 heavy (non-hydrogen) atoms. The summed E-state index contributed by atoms with van der Waals surface area (Å²) in [5.41, 5.74) is 5.15. The molecule has 0 bridgehead atoms. The van der Waals surface area contributed by atoms with Gasteiger partial charge in [-0.3, -0.25) is 14.6 Å². The van der Waals surface area contributed by atoms with Crippen LogP contribution < -0.4 is 19.5 Å². The van der Waals surface area contributed by atoms with Crippen LogP contribution in [-0.4, -0.2) is 39.8 Å². The van der Waals surface area contributed by atoms with Gasteiger partial charge in [-0.2, -0.15) is 10.2 Å². The van der Waals surface area contributed by atoms with Gasteiger partial charge in [0.15, 0.2) is 11.5 Å². The normalized spacial score (nSPS) is 12.1. The van der Waals surface area contributed by atoms with E-state index in [0.717, 1.165) is 28.3 Å². The Labute approximate surface area is 190 Å². The van der Waals surface area contributed by atoms with Gasteiger partial charge in [0.05, 0.1) is 36.4 Å². The second kappa shape index (κ2) is 8.34.